The van der Waals surface area contributed by atoms with Crippen LogP contribution in [0.3, 0.4) is 0 Å². The van der Waals surface area contributed by atoms with Crippen LogP contribution >= 0.6 is 0 Å². The molecule has 0 aliphatic heterocycles. The van der Waals surface area contributed by atoms with Crippen LogP contribution in [-0.4, -0.2) is 58.2 Å². The van der Waals surface area contributed by atoms with Gasteiger partial charge in [0.15, 0.2) is 36.7 Å². The van der Waals surface area contributed by atoms with E-state index in [0.717, 1.165) is 12.1 Å². The van der Waals surface area contributed by atoms with Crippen molar-refractivity contribution in [2.24, 2.45) is 0 Å². The summed E-state index contributed by atoms with van der Waals surface area (Å²) in [5, 5.41) is 36.4. The molecule has 4 N–H and O–H groups in total. The van der Waals surface area contributed by atoms with Crippen LogP contribution in [-0.2, 0) is 14.4 Å². The molecule has 0 spiro atoms. The van der Waals surface area contributed by atoms with Crippen molar-refractivity contribution < 1.29 is 53.4 Å². The number of phenols is 1. The predicted octanol–water partition coefficient (Wildman–Crippen LogP) is 1.56. The Bertz CT molecular complexity index is 1290. The molecule has 12 nitrogen and oxygen atoms in total. The SMILES string of the molecule is O=C(O)COc1cc(O)c2c(=O)cc(-c3ccc(OCC(=O)O)c(OCC(=O)O)c3)oc2c1. The fourth-order valence-corrected chi connectivity index (χ4v) is 2.79. The lowest BCUT2D eigenvalue weighted by atomic mass is 10.1. The van der Waals surface area contributed by atoms with Gasteiger partial charge in [0.2, 0.25) is 0 Å². The van der Waals surface area contributed by atoms with Crippen LogP contribution in [0.1, 0.15) is 0 Å². The minimum atomic E-state index is -1.29. The van der Waals surface area contributed by atoms with E-state index in [1.807, 2.05) is 0 Å². The molecule has 33 heavy (non-hydrogen) atoms. The molecule has 1 aromatic heterocycles. The van der Waals surface area contributed by atoms with Gasteiger partial charge in [0.25, 0.3) is 0 Å². The molecular formula is C21H16O12. The largest absolute Gasteiger partial charge is 0.507 e. The fraction of sp³-hybridized carbons (Fsp3) is 0.143. The van der Waals surface area contributed by atoms with Crippen LogP contribution in [0.5, 0.6) is 23.0 Å². The van der Waals surface area contributed by atoms with Crippen molar-refractivity contribution in [3.63, 3.8) is 0 Å². The van der Waals surface area contributed by atoms with Gasteiger partial charge in [-0.05, 0) is 18.2 Å². The zero-order valence-electron chi connectivity index (χ0n) is 16.6. The minimum absolute atomic E-state index is 0.00718. The summed E-state index contributed by atoms with van der Waals surface area (Å²) >= 11 is 0. The van der Waals surface area contributed by atoms with Gasteiger partial charge in [-0.25, -0.2) is 14.4 Å². The first kappa shape index (κ1) is 22.9. The van der Waals surface area contributed by atoms with Crippen LogP contribution < -0.4 is 19.6 Å². The van der Waals surface area contributed by atoms with E-state index in [4.69, 9.17) is 33.9 Å². The number of carboxylic acids is 3. The number of aromatic hydroxyl groups is 1. The zero-order valence-corrected chi connectivity index (χ0v) is 16.6. The lowest BCUT2D eigenvalue weighted by molar-refractivity contribution is -0.140. The predicted molar refractivity (Wildman–Crippen MR) is 109 cm³/mol. The normalized spacial score (nSPS) is 10.5. The zero-order chi connectivity index (χ0) is 24.1. The number of hydrogen-bond acceptors (Lipinski definition) is 9. The van der Waals surface area contributed by atoms with Crippen LogP contribution in [0.4, 0.5) is 0 Å². The Morgan fingerprint density at radius 1 is 0.788 bits per heavy atom. The summed E-state index contributed by atoms with van der Waals surface area (Å²) in [6, 6.07) is 7.40. The van der Waals surface area contributed by atoms with Gasteiger partial charge in [-0.2, -0.15) is 0 Å². The van der Waals surface area contributed by atoms with Gasteiger partial charge in [0, 0.05) is 23.8 Å². The van der Waals surface area contributed by atoms with Crippen molar-refractivity contribution in [3.8, 4) is 34.3 Å². The highest BCUT2D eigenvalue weighted by atomic mass is 16.5. The molecule has 0 atom stereocenters. The molecule has 0 radical (unpaired) electrons. The number of aliphatic carboxylic acids is 3. The van der Waals surface area contributed by atoms with E-state index in [1.165, 1.54) is 24.3 Å². The number of ether oxygens (including phenoxy) is 3. The Labute approximate surface area is 183 Å². The molecule has 0 fully saturated rings. The fourth-order valence-electron chi connectivity index (χ4n) is 2.79. The molecule has 2 aromatic carbocycles. The Morgan fingerprint density at radius 2 is 1.39 bits per heavy atom. The second-order valence-electron chi connectivity index (χ2n) is 6.50. The summed E-state index contributed by atoms with van der Waals surface area (Å²) in [5.41, 5.74) is -0.474. The number of carbonyl (C=O) groups is 3. The maximum absolute atomic E-state index is 12.6. The van der Waals surface area contributed by atoms with E-state index < -0.39 is 48.9 Å². The summed E-state index contributed by atoms with van der Waals surface area (Å²) in [5.74, 6) is -4.48. The molecule has 0 aliphatic carbocycles. The standard InChI is InChI=1S/C21H16O12/c22-12-4-11(30-7-18(24)25)5-17-21(12)13(23)6-15(33-17)10-1-2-14(31-8-19(26)27)16(3-10)32-9-20(28)29/h1-6,22H,7-9H2,(H,24,25)(H,26,27)(H,28,29). The highest BCUT2D eigenvalue weighted by molar-refractivity contribution is 5.86. The summed E-state index contributed by atoms with van der Waals surface area (Å²) < 4.78 is 20.9. The Hall–Kier alpha value is -4.74. The monoisotopic (exact) mass is 460 g/mol. The first-order valence-corrected chi connectivity index (χ1v) is 9.13. The third kappa shape index (κ3) is 5.70. The first-order chi connectivity index (χ1) is 15.6. The van der Waals surface area contributed by atoms with Crippen molar-refractivity contribution in [1.29, 1.82) is 0 Å². The van der Waals surface area contributed by atoms with E-state index in [2.05, 4.69) is 0 Å². The van der Waals surface area contributed by atoms with E-state index in [-0.39, 0.29) is 39.5 Å². The molecular weight excluding hydrogens is 444 g/mol. The van der Waals surface area contributed by atoms with Gasteiger partial charge in [-0.1, -0.05) is 0 Å². The van der Waals surface area contributed by atoms with Crippen molar-refractivity contribution in [3.05, 3.63) is 46.6 Å². The summed E-state index contributed by atoms with van der Waals surface area (Å²) in [7, 11) is 0. The number of phenolic OH excluding ortho intramolecular Hbond substituents is 1. The van der Waals surface area contributed by atoms with Gasteiger partial charge in [-0.3, -0.25) is 4.79 Å². The van der Waals surface area contributed by atoms with Crippen LogP contribution in [0, 0.1) is 0 Å². The third-order valence-electron chi connectivity index (χ3n) is 4.08. The Balaban J connectivity index is 2.05. The second-order valence-corrected chi connectivity index (χ2v) is 6.50. The van der Waals surface area contributed by atoms with E-state index in [0.29, 0.717) is 0 Å². The quantitative estimate of drug-likeness (QED) is 0.342. The molecule has 0 saturated heterocycles. The maximum atomic E-state index is 12.6. The highest BCUT2D eigenvalue weighted by Gasteiger charge is 2.16. The number of benzene rings is 2. The van der Waals surface area contributed by atoms with Crippen molar-refractivity contribution in [1.82, 2.24) is 0 Å². The molecule has 1 heterocycles. The van der Waals surface area contributed by atoms with Gasteiger partial charge < -0.3 is 39.1 Å². The topological polar surface area (TPSA) is 190 Å². The lowest BCUT2D eigenvalue weighted by Gasteiger charge is -2.13. The van der Waals surface area contributed by atoms with E-state index >= 15 is 0 Å². The Kier molecular flexibility index (Phi) is 6.67. The van der Waals surface area contributed by atoms with Crippen molar-refractivity contribution >= 4 is 28.9 Å². The second kappa shape index (κ2) is 9.60. The molecule has 12 heteroatoms. The molecule has 172 valence electrons. The summed E-state index contributed by atoms with van der Waals surface area (Å²) in [6.07, 6.45) is 0. The third-order valence-corrected chi connectivity index (χ3v) is 4.08. The number of fused-ring (bicyclic) bond motifs is 1. The van der Waals surface area contributed by atoms with Crippen molar-refractivity contribution in [2.75, 3.05) is 19.8 Å². The smallest absolute Gasteiger partial charge is 0.341 e. The minimum Gasteiger partial charge on any atom is -0.507 e. The molecule has 0 amide bonds. The van der Waals surface area contributed by atoms with Gasteiger partial charge in [0.1, 0.15) is 28.2 Å². The molecule has 0 unspecified atom stereocenters. The lowest BCUT2D eigenvalue weighted by Crippen LogP contribution is -2.13. The molecule has 0 saturated carbocycles. The van der Waals surface area contributed by atoms with Gasteiger partial charge >= 0.3 is 17.9 Å². The van der Waals surface area contributed by atoms with Crippen LogP contribution in [0.2, 0.25) is 0 Å². The summed E-state index contributed by atoms with van der Waals surface area (Å²) in [4.78, 5) is 44.9. The van der Waals surface area contributed by atoms with E-state index in [1.54, 1.807) is 0 Å². The number of rotatable bonds is 10. The Morgan fingerprint density at radius 3 is 2.03 bits per heavy atom. The molecule has 3 rings (SSSR count). The number of hydrogen-bond donors (Lipinski definition) is 4. The van der Waals surface area contributed by atoms with Crippen molar-refractivity contribution in [2.45, 2.75) is 0 Å². The number of carboxylic acid groups (broad SMARTS) is 3. The molecule has 3 aromatic rings. The average molecular weight is 460 g/mol. The average Bonchev–Trinajstić information content (AvgIpc) is 2.74. The first-order valence-electron chi connectivity index (χ1n) is 9.13. The van der Waals surface area contributed by atoms with Crippen LogP contribution in [0.15, 0.2) is 45.6 Å². The highest BCUT2D eigenvalue weighted by Crippen LogP contribution is 2.35. The molecule has 0 bridgehead atoms. The molecule has 0 aliphatic rings. The summed E-state index contributed by atoms with van der Waals surface area (Å²) in [6.45, 7) is -2.13. The van der Waals surface area contributed by atoms with E-state index in [9.17, 15) is 24.3 Å². The van der Waals surface area contributed by atoms with Crippen LogP contribution in [0.25, 0.3) is 22.3 Å². The van der Waals surface area contributed by atoms with Gasteiger partial charge in [-0.15, -0.1) is 0 Å². The van der Waals surface area contributed by atoms with Gasteiger partial charge in [0.05, 0.1) is 0 Å². The maximum Gasteiger partial charge on any atom is 0.341 e.